The number of aromatic nitrogens is 1. The highest BCUT2D eigenvalue weighted by molar-refractivity contribution is 14.0. The molecular formula is C24H36IN5. The van der Waals surface area contributed by atoms with Crippen LogP contribution in [-0.2, 0) is 12.0 Å². The second kappa shape index (κ2) is 11.0. The average molecular weight is 521 g/mol. The van der Waals surface area contributed by atoms with Gasteiger partial charge in [-0.2, -0.15) is 0 Å². The van der Waals surface area contributed by atoms with Crippen LogP contribution in [0.25, 0.3) is 0 Å². The Hall–Kier alpha value is -1.83. The van der Waals surface area contributed by atoms with E-state index < -0.39 is 0 Å². The first-order valence-corrected chi connectivity index (χ1v) is 10.6. The maximum atomic E-state index is 4.44. The minimum absolute atomic E-state index is 0. The summed E-state index contributed by atoms with van der Waals surface area (Å²) in [6.07, 6.45) is 4.04. The third-order valence-electron chi connectivity index (χ3n) is 5.70. The summed E-state index contributed by atoms with van der Waals surface area (Å²) in [5.41, 5.74) is 5.16. The number of piperidine rings is 1. The first-order chi connectivity index (χ1) is 13.9. The third-order valence-corrected chi connectivity index (χ3v) is 5.70. The zero-order valence-corrected chi connectivity index (χ0v) is 21.2. The smallest absolute Gasteiger partial charge is 0.191 e. The van der Waals surface area contributed by atoms with Gasteiger partial charge in [0.25, 0.3) is 0 Å². The van der Waals surface area contributed by atoms with Crippen molar-refractivity contribution in [3.8, 4) is 0 Å². The summed E-state index contributed by atoms with van der Waals surface area (Å²) < 4.78 is 0. The zero-order valence-electron chi connectivity index (χ0n) is 18.9. The topological polar surface area (TPSA) is 52.6 Å². The highest BCUT2D eigenvalue weighted by Crippen LogP contribution is 2.26. The standard InChI is InChI=1S/C24H35N5.HI/c1-18-7-6-14-26-22(18)17-27-23(25-5)28-20-12-15-29(16-13-20)21-10-8-19(9-11-21)24(2,3)4;/h6-11,14,20H,12-13,15-17H2,1-5H3,(H2,25,27,28);1H. The van der Waals surface area contributed by atoms with Gasteiger partial charge in [0, 0.05) is 38.1 Å². The van der Waals surface area contributed by atoms with Gasteiger partial charge in [-0.15, -0.1) is 24.0 Å². The molecule has 0 spiro atoms. The average Bonchev–Trinajstić information content (AvgIpc) is 2.72. The van der Waals surface area contributed by atoms with Gasteiger partial charge in [-0.05, 0) is 54.5 Å². The maximum Gasteiger partial charge on any atom is 0.191 e. The van der Waals surface area contributed by atoms with Crippen molar-refractivity contribution in [2.75, 3.05) is 25.0 Å². The van der Waals surface area contributed by atoms with Gasteiger partial charge in [0.2, 0.25) is 0 Å². The Morgan fingerprint density at radius 2 is 1.80 bits per heavy atom. The summed E-state index contributed by atoms with van der Waals surface area (Å²) in [6, 6.07) is 13.6. The summed E-state index contributed by atoms with van der Waals surface area (Å²) in [6.45, 7) is 11.7. The predicted molar refractivity (Wildman–Crippen MR) is 138 cm³/mol. The zero-order chi connectivity index (χ0) is 20.9. The molecule has 0 bridgehead atoms. The first-order valence-electron chi connectivity index (χ1n) is 10.6. The van der Waals surface area contributed by atoms with Crippen LogP contribution in [-0.4, -0.2) is 37.1 Å². The summed E-state index contributed by atoms with van der Waals surface area (Å²) in [4.78, 5) is 11.3. The van der Waals surface area contributed by atoms with Crippen molar-refractivity contribution < 1.29 is 0 Å². The van der Waals surface area contributed by atoms with E-state index in [-0.39, 0.29) is 29.4 Å². The molecule has 1 aromatic heterocycles. The molecule has 1 saturated heterocycles. The number of aryl methyl sites for hydroxylation is 1. The number of hydrogen-bond donors (Lipinski definition) is 2. The van der Waals surface area contributed by atoms with Gasteiger partial charge in [0.05, 0.1) is 12.2 Å². The largest absolute Gasteiger partial charge is 0.371 e. The molecule has 2 heterocycles. The van der Waals surface area contributed by atoms with Crippen LogP contribution in [0.3, 0.4) is 0 Å². The molecule has 2 N–H and O–H groups in total. The fraction of sp³-hybridized carbons (Fsp3) is 0.500. The quantitative estimate of drug-likeness (QED) is 0.350. The normalized spacial score (nSPS) is 15.5. The second-order valence-corrected chi connectivity index (χ2v) is 8.90. The van der Waals surface area contributed by atoms with E-state index in [2.05, 4.69) is 83.5 Å². The van der Waals surface area contributed by atoms with Crippen LogP contribution in [0.4, 0.5) is 5.69 Å². The number of benzene rings is 1. The fourth-order valence-electron chi connectivity index (χ4n) is 3.71. The molecule has 0 unspecified atom stereocenters. The Balaban J connectivity index is 0.00000320. The van der Waals surface area contributed by atoms with E-state index in [0.717, 1.165) is 37.6 Å². The Morgan fingerprint density at radius 1 is 1.13 bits per heavy atom. The number of aliphatic imine (C=N–C) groups is 1. The van der Waals surface area contributed by atoms with Crippen molar-refractivity contribution in [1.29, 1.82) is 0 Å². The van der Waals surface area contributed by atoms with E-state index in [9.17, 15) is 0 Å². The van der Waals surface area contributed by atoms with Gasteiger partial charge in [0.15, 0.2) is 5.96 Å². The third kappa shape index (κ3) is 6.59. The predicted octanol–water partition coefficient (Wildman–Crippen LogP) is 4.64. The number of anilines is 1. The molecule has 2 aromatic rings. The van der Waals surface area contributed by atoms with Gasteiger partial charge in [-0.1, -0.05) is 39.0 Å². The lowest BCUT2D eigenvalue weighted by Crippen LogP contribution is -2.48. The first kappa shape index (κ1) is 24.4. The van der Waals surface area contributed by atoms with Gasteiger partial charge in [-0.25, -0.2) is 0 Å². The van der Waals surface area contributed by atoms with Crippen LogP contribution in [0.2, 0.25) is 0 Å². The fourth-order valence-corrected chi connectivity index (χ4v) is 3.71. The van der Waals surface area contributed by atoms with Crippen LogP contribution < -0.4 is 15.5 Å². The maximum absolute atomic E-state index is 4.44. The minimum Gasteiger partial charge on any atom is -0.371 e. The van der Waals surface area contributed by atoms with Crippen LogP contribution in [0.1, 0.15) is 50.4 Å². The second-order valence-electron chi connectivity index (χ2n) is 8.90. The van der Waals surface area contributed by atoms with Crippen molar-refractivity contribution in [2.24, 2.45) is 4.99 Å². The number of guanidine groups is 1. The Kier molecular flexibility index (Phi) is 8.94. The minimum atomic E-state index is 0. The van der Waals surface area contributed by atoms with E-state index in [4.69, 9.17) is 0 Å². The molecule has 0 aliphatic carbocycles. The Morgan fingerprint density at radius 3 is 2.37 bits per heavy atom. The molecule has 164 valence electrons. The monoisotopic (exact) mass is 521 g/mol. The molecule has 0 atom stereocenters. The van der Waals surface area contributed by atoms with Crippen molar-refractivity contribution >= 4 is 35.6 Å². The number of nitrogens with zero attached hydrogens (tertiary/aromatic N) is 3. The molecule has 1 aliphatic heterocycles. The molecule has 30 heavy (non-hydrogen) atoms. The Bertz CT molecular complexity index is 818. The summed E-state index contributed by atoms with van der Waals surface area (Å²) in [5.74, 6) is 0.850. The van der Waals surface area contributed by atoms with Gasteiger partial charge >= 0.3 is 0 Å². The van der Waals surface area contributed by atoms with Gasteiger partial charge in [0.1, 0.15) is 0 Å². The lowest BCUT2D eigenvalue weighted by molar-refractivity contribution is 0.461. The lowest BCUT2D eigenvalue weighted by atomic mass is 9.87. The Labute approximate surface area is 198 Å². The molecule has 1 aliphatic rings. The van der Waals surface area contributed by atoms with E-state index in [0.29, 0.717) is 12.6 Å². The molecule has 0 amide bonds. The molecule has 1 fully saturated rings. The number of nitrogens with one attached hydrogen (secondary N) is 2. The van der Waals surface area contributed by atoms with Crippen LogP contribution in [0.15, 0.2) is 47.6 Å². The SMILES string of the molecule is CN=C(NCc1ncccc1C)NC1CCN(c2ccc(C(C)(C)C)cc2)CC1.I. The summed E-state index contributed by atoms with van der Waals surface area (Å²) in [5, 5.41) is 6.98. The highest BCUT2D eigenvalue weighted by atomic mass is 127. The molecule has 0 radical (unpaired) electrons. The van der Waals surface area contributed by atoms with Crippen LogP contribution >= 0.6 is 24.0 Å². The van der Waals surface area contributed by atoms with Crippen molar-refractivity contribution in [2.45, 2.75) is 58.5 Å². The van der Waals surface area contributed by atoms with Crippen molar-refractivity contribution in [3.63, 3.8) is 0 Å². The molecule has 1 aromatic carbocycles. The number of pyridine rings is 1. The van der Waals surface area contributed by atoms with Crippen molar-refractivity contribution in [1.82, 2.24) is 15.6 Å². The van der Waals surface area contributed by atoms with Crippen LogP contribution in [0.5, 0.6) is 0 Å². The van der Waals surface area contributed by atoms with Gasteiger partial charge < -0.3 is 15.5 Å². The molecule has 3 rings (SSSR count). The number of halogens is 1. The highest BCUT2D eigenvalue weighted by Gasteiger charge is 2.21. The van der Waals surface area contributed by atoms with E-state index in [1.165, 1.54) is 16.8 Å². The molecular weight excluding hydrogens is 485 g/mol. The van der Waals surface area contributed by atoms with E-state index in [1.54, 1.807) is 0 Å². The lowest BCUT2D eigenvalue weighted by Gasteiger charge is -2.35. The van der Waals surface area contributed by atoms with Gasteiger partial charge in [-0.3, -0.25) is 9.98 Å². The van der Waals surface area contributed by atoms with Crippen molar-refractivity contribution in [3.05, 3.63) is 59.4 Å². The van der Waals surface area contributed by atoms with E-state index in [1.807, 2.05) is 19.3 Å². The summed E-state index contributed by atoms with van der Waals surface area (Å²) in [7, 11) is 1.83. The molecule has 6 heteroatoms. The van der Waals surface area contributed by atoms with Crippen LogP contribution in [0, 0.1) is 6.92 Å². The molecule has 0 saturated carbocycles. The number of hydrogen-bond acceptors (Lipinski definition) is 3. The summed E-state index contributed by atoms with van der Waals surface area (Å²) >= 11 is 0. The van der Waals surface area contributed by atoms with E-state index >= 15 is 0 Å². The molecule has 5 nitrogen and oxygen atoms in total. The number of rotatable bonds is 4.